The van der Waals surface area contributed by atoms with E-state index in [1.54, 1.807) is 0 Å². The fraction of sp³-hybridized carbons (Fsp3) is 0.706. The highest BCUT2D eigenvalue weighted by Gasteiger charge is 2.38. The number of anilines is 1. The first-order valence-corrected chi connectivity index (χ1v) is 11.6. The van der Waals surface area contributed by atoms with E-state index in [4.69, 9.17) is 11.6 Å². The van der Waals surface area contributed by atoms with Gasteiger partial charge in [-0.05, 0) is 61.9 Å². The molecule has 0 spiro atoms. The van der Waals surface area contributed by atoms with Crippen LogP contribution in [0.2, 0.25) is 23.3 Å². The molecule has 124 valence electrons. The summed E-state index contributed by atoms with van der Waals surface area (Å²) in [5.41, 5.74) is 1.17. The highest BCUT2D eigenvalue weighted by molar-refractivity contribution is 6.72. The Bertz CT molecular complexity index is 476. The molecule has 2 heterocycles. The molecule has 0 aromatic carbocycles. The van der Waals surface area contributed by atoms with Crippen LogP contribution in [0, 0.1) is 5.92 Å². The van der Waals surface area contributed by atoms with Crippen molar-refractivity contribution in [2.24, 2.45) is 5.92 Å². The lowest BCUT2D eigenvalue weighted by molar-refractivity contribution is 0.340. The van der Waals surface area contributed by atoms with E-state index in [1.165, 1.54) is 24.9 Å². The van der Waals surface area contributed by atoms with E-state index in [-0.39, 0.29) is 5.04 Å². The summed E-state index contributed by atoms with van der Waals surface area (Å²) in [4.78, 5) is 17.0. The summed E-state index contributed by atoms with van der Waals surface area (Å²) in [7, 11) is -2.07. The fourth-order valence-electron chi connectivity index (χ4n) is 2.91. The zero-order valence-electron chi connectivity index (χ0n) is 14.3. The van der Waals surface area contributed by atoms with Crippen molar-refractivity contribution in [1.29, 1.82) is 0 Å². The summed E-state index contributed by atoms with van der Waals surface area (Å²) in [6.07, 6.45) is 6.69. The Morgan fingerprint density at radius 1 is 1.32 bits per heavy atom. The Balaban J connectivity index is 1.81. The molecule has 0 atom stereocenters. The second-order valence-electron chi connectivity index (χ2n) is 7.75. The van der Waals surface area contributed by atoms with Gasteiger partial charge in [0, 0.05) is 13.1 Å². The number of hydrogen-bond donors (Lipinski definition) is 1. The lowest BCUT2D eigenvalue weighted by atomic mass is 9.89. The van der Waals surface area contributed by atoms with E-state index in [0.29, 0.717) is 5.15 Å². The minimum Gasteiger partial charge on any atom is -0.432 e. The zero-order chi connectivity index (χ0) is 16.4. The molecule has 5 heteroatoms. The number of piperidine rings is 1. The molecule has 1 saturated heterocycles. The molecule has 1 aromatic rings. The molecule has 1 aliphatic rings. The second kappa shape index (κ2) is 6.89. The Morgan fingerprint density at radius 2 is 1.95 bits per heavy atom. The second-order valence-corrected chi connectivity index (χ2v) is 12.6. The van der Waals surface area contributed by atoms with Crippen molar-refractivity contribution in [2.45, 2.75) is 57.7 Å². The molecule has 0 amide bonds. The molecule has 1 N–H and O–H groups in total. The number of pyridine rings is 1. The standard InChI is InChI=1S/C17H29ClN2OSi/c1-17(2,22(3,4)21)10-7-14-8-11-20(12-9-14)15-5-6-16(18)19-13-15/h5-6,13-14,21H,7-12H2,1-4H3. The molecular formula is C17H29ClN2OSi. The quantitative estimate of drug-likeness (QED) is 0.623. The van der Waals surface area contributed by atoms with Gasteiger partial charge in [0.1, 0.15) is 5.15 Å². The van der Waals surface area contributed by atoms with Gasteiger partial charge in [0.05, 0.1) is 11.9 Å². The molecule has 0 bridgehead atoms. The first-order valence-electron chi connectivity index (χ1n) is 8.28. The maximum atomic E-state index is 10.4. The van der Waals surface area contributed by atoms with Gasteiger partial charge in [-0.25, -0.2) is 4.98 Å². The van der Waals surface area contributed by atoms with Gasteiger partial charge in [0.2, 0.25) is 0 Å². The molecule has 22 heavy (non-hydrogen) atoms. The van der Waals surface area contributed by atoms with Crippen molar-refractivity contribution in [3.05, 3.63) is 23.5 Å². The smallest absolute Gasteiger partial charge is 0.188 e. The van der Waals surface area contributed by atoms with Crippen LogP contribution in [0.5, 0.6) is 0 Å². The summed E-state index contributed by atoms with van der Waals surface area (Å²) >= 11 is 5.85. The number of halogens is 1. The van der Waals surface area contributed by atoms with Crippen LogP contribution in [0.15, 0.2) is 18.3 Å². The highest BCUT2D eigenvalue weighted by atomic mass is 35.5. The monoisotopic (exact) mass is 340 g/mol. The van der Waals surface area contributed by atoms with Gasteiger partial charge in [-0.3, -0.25) is 0 Å². The molecule has 0 saturated carbocycles. The Kier molecular flexibility index (Phi) is 5.57. The van der Waals surface area contributed by atoms with Gasteiger partial charge in [0.15, 0.2) is 8.32 Å². The van der Waals surface area contributed by atoms with E-state index >= 15 is 0 Å². The van der Waals surface area contributed by atoms with Crippen LogP contribution in [0.3, 0.4) is 0 Å². The minimum atomic E-state index is -2.07. The van der Waals surface area contributed by atoms with Crippen LogP contribution in [-0.4, -0.2) is 31.2 Å². The molecule has 1 aliphatic heterocycles. The van der Waals surface area contributed by atoms with Gasteiger partial charge >= 0.3 is 0 Å². The lowest BCUT2D eigenvalue weighted by Gasteiger charge is -2.38. The minimum absolute atomic E-state index is 0.101. The van der Waals surface area contributed by atoms with Gasteiger partial charge < -0.3 is 9.70 Å². The number of nitrogens with zero attached hydrogens (tertiary/aromatic N) is 2. The van der Waals surface area contributed by atoms with Crippen LogP contribution in [0.25, 0.3) is 0 Å². The number of hydrogen-bond acceptors (Lipinski definition) is 3. The van der Waals surface area contributed by atoms with Gasteiger partial charge in [-0.1, -0.05) is 25.4 Å². The first-order chi connectivity index (χ1) is 10.2. The summed E-state index contributed by atoms with van der Waals surface area (Å²) in [5, 5.41) is 0.654. The Hall–Kier alpha value is -0.583. The average molecular weight is 341 g/mol. The van der Waals surface area contributed by atoms with Crippen molar-refractivity contribution >= 4 is 25.6 Å². The fourth-order valence-corrected chi connectivity index (χ4v) is 3.77. The Labute approximate surface area is 140 Å². The summed E-state index contributed by atoms with van der Waals surface area (Å²) in [6.45, 7) is 10.8. The highest BCUT2D eigenvalue weighted by Crippen LogP contribution is 2.42. The number of rotatable bonds is 5. The van der Waals surface area contributed by atoms with Crippen LogP contribution < -0.4 is 4.90 Å². The molecule has 1 aromatic heterocycles. The average Bonchev–Trinajstić information content (AvgIpc) is 2.45. The van der Waals surface area contributed by atoms with Crippen LogP contribution >= 0.6 is 11.6 Å². The van der Waals surface area contributed by atoms with Crippen molar-refractivity contribution in [3.8, 4) is 0 Å². The van der Waals surface area contributed by atoms with Gasteiger partial charge in [-0.2, -0.15) is 0 Å². The van der Waals surface area contributed by atoms with E-state index in [1.807, 2.05) is 12.3 Å². The Morgan fingerprint density at radius 3 is 2.45 bits per heavy atom. The zero-order valence-corrected chi connectivity index (χ0v) is 16.0. The SMILES string of the molecule is CC(C)(CCC1CCN(c2ccc(Cl)nc2)CC1)[Si](C)(C)O. The van der Waals surface area contributed by atoms with E-state index in [0.717, 1.165) is 25.4 Å². The molecule has 1 fully saturated rings. The number of aromatic nitrogens is 1. The maximum Gasteiger partial charge on any atom is 0.188 e. The summed E-state index contributed by atoms with van der Waals surface area (Å²) in [6, 6.07) is 3.91. The van der Waals surface area contributed by atoms with Crippen LogP contribution in [0.4, 0.5) is 5.69 Å². The van der Waals surface area contributed by atoms with E-state index in [2.05, 4.69) is 42.9 Å². The van der Waals surface area contributed by atoms with Crippen LogP contribution in [-0.2, 0) is 0 Å². The van der Waals surface area contributed by atoms with E-state index in [9.17, 15) is 4.80 Å². The predicted octanol–water partition coefficient (Wildman–Crippen LogP) is 4.71. The van der Waals surface area contributed by atoms with Crippen molar-refractivity contribution < 1.29 is 4.80 Å². The summed E-state index contributed by atoms with van der Waals surface area (Å²) < 4.78 is 0. The third-order valence-corrected chi connectivity index (χ3v) is 9.31. The van der Waals surface area contributed by atoms with Gasteiger partial charge in [0.25, 0.3) is 0 Å². The summed E-state index contributed by atoms with van der Waals surface area (Å²) in [5.74, 6) is 0.784. The largest absolute Gasteiger partial charge is 0.432 e. The van der Waals surface area contributed by atoms with Crippen molar-refractivity contribution in [2.75, 3.05) is 18.0 Å². The topological polar surface area (TPSA) is 36.4 Å². The molecule has 0 radical (unpaired) electrons. The van der Waals surface area contributed by atoms with E-state index < -0.39 is 8.32 Å². The molecule has 3 nitrogen and oxygen atoms in total. The molecule has 0 aliphatic carbocycles. The third-order valence-electron chi connectivity index (χ3n) is 5.53. The molecular weight excluding hydrogens is 312 g/mol. The van der Waals surface area contributed by atoms with Crippen molar-refractivity contribution in [1.82, 2.24) is 4.98 Å². The van der Waals surface area contributed by atoms with Crippen molar-refractivity contribution in [3.63, 3.8) is 0 Å². The first kappa shape index (κ1) is 17.8. The normalized spacial score (nSPS) is 17.8. The molecule has 2 rings (SSSR count). The maximum absolute atomic E-state index is 10.4. The molecule has 0 unspecified atom stereocenters. The third kappa shape index (κ3) is 4.46. The van der Waals surface area contributed by atoms with Gasteiger partial charge in [-0.15, -0.1) is 0 Å². The van der Waals surface area contributed by atoms with Crippen LogP contribution in [0.1, 0.15) is 39.5 Å². The predicted molar refractivity (Wildman–Crippen MR) is 97.2 cm³/mol. The lowest BCUT2D eigenvalue weighted by Crippen LogP contribution is -2.40.